The monoisotopic (exact) mass is 438 g/mol. The Labute approximate surface area is 195 Å². The number of hydrogen-bond acceptors (Lipinski definition) is 4. The van der Waals surface area contributed by atoms with Crippen LogP contribution in [0.25, 0.3) is 6.08 Å². The van der Waals surface area contributed by atoms with E-state index < -0.39 is 0 Å². The van der Waals surface area contributed by atoms with E-state index in [9.17, 15) is 4.79 Å². The molecule has 1 saturated carbocycles. The topological polar surface area (TPSA) is 56.7 Å². The molecule has 1 aromatic rings. The van der Waals surface area contributed by atoms with Gasteiger partial charge < -0.3 is 10.2 Å². The number of hydrogen-bond donors (Lipinski definition) is 2. The highest BCUT2D eigenvalue weighted by Crippen LogP contribution is 2.52. The van der Waals surface area contributed by atoms with Gasteiger partial charge in [0, 0.05) is 38.1 Å². The van der Waals surface area contributed by atoms with Crippen molar-refractivity contribution < 1.29 is 4.79 Å². The average Bonchev–Trinajstić information content (AvgIpc) is 2.72. The number of hydrazone groups is 1. The number of benzene rings is 1. The highest BCUT2D eigenvalue weighted by molar-refractivity contribution is 5.93. The Hall–Kier alpha value is -2.40. The SMILES string of the molecule is C=Cc1ccc(CC2CC3(C2)CN(C)C3)c(C)c1NC.C=NNC(=O)/C(C)=C(\C)CCC. The van der Waals surface area contributed by atoms with Crippen molar-refractivity contribution in [2.24, 2.45) is 16.4 Å². The van der Waals surface area contributed by atoms with Gasteiger partial charge in [0.1, 0.15) is 0 Å². The molecule has 2 N–H and O–H groups in total. The summed E-state index contributed by atoms with van der Waals surface area (Å²) in [5, 5.41) is 6.65. The lowest BCUT2D eigenvalue weighted by molar-refractivity contribution is -0.117. The summed E-state index contributed by atoms with van der Waals surface area (Å²) >= 11 is 0. The molecule has 0 atom stereocenters. The predicted molar refractivity (Wildman–Crippen MR) is 138 cm³/mol. The van der Waals surface area contributed by atoms with Crippen LogP contribution in [0.4, 0.5) is 5.69 Å². The molecule has 0 radical (unpaired) electrons. The number of likely N-dealkylation sites (tertiary alicyclic amines) is 1. The third-order valence-electron chi connectivity index (χ3n) is 7.03. The summed E-state index contributed by atoms with van der Waals surface area (Å²) in [6.07, 6.45) is 8.03. The van der Waals surface area contributed by atoms with Gasteiger partial charge in [0.2, 0.25) is 0 Å². The van der Waals surface area contributed by atoms with Crippen molar-refractivity contribution in [1.29, 1.82) is 0 Å². The molecule has 1 aliphatic carbocycles. The maximum atomic E-state index is 11.2. The lowest BCUT2D eigenvalue weighted by Crippen LogP contribution is -2.60. The van der Waals surface area contributed by atoms with Gasteiger partial charge in [-0.25, -0.2) is 5.43 Å². The zero-order valence-corrected chi connectivity index (χ0v) is 21.0. The fraction of sp³-hybridized carbons (Fsp3) is 0.556. The van der Waals surface area contributed by atoms with E-state index >= 15 is 0 Å². The van der Waals surface area contributed by atoms with Crippen LogP contribution in [0, 0.1) is 18.3 Å². The van der Waals surface area contributed by atoms with Crippen LogP contribution in [0.1, 0.15) is 63.1 Å². The van der Waals surface area contributed by atoms with Gasteiger partial charge in [-0.2, -0.15) is 5.10 Å². The van der Waals surface area contributed by atoms with Crippen molar-refractivity contribution in [2.45, 2.75) is 59.8 Å². The summed E-state index contributed by atoms with van der Waals surface area (Å²) in [4.78, 5) is 13.6. The molecular formula is C27H42N4O. The number of amides is 1. The Morgan fingerprint density at radius 1 is 1.31 bits per heavy atom. The minimum Gasteiger partial charge on any atom is -0.387 e. The maximum absolute atomic E-state index is 11.2. The van der Waals surface area contributed by atoms with E-state index in [2.05, 4.69) is 67.1 Å². The molecule has 1 heterocycles. The molecule has 0 aromatic heterocycles. The van der Waals surface area contributed by atoms with Crippen molar-refractivity contribution in [2.75, 3.05) is 32.5 Å². The lowest BCUT2D eigenvalue weighted by atomic mass is 9.56. The molecule has 1 saturated heterocycles. The first-order chi connectivity index (χ1) is 15.2. The first kappa shape index (κ1) is 25.9. The zero-order valence-electron chi connectivity index (χ0n) is 21.0. The van der Waals surface area contributed by atoms with E-state index in [1.54, 1.807) is 6.92 Å². The number of nitrogens with zero attached hydrogens (tertiary/aromatic N) is 2. The quantitative estimate of drug-likeness (QED) is 0.324. The van der Waals surface area contributed by atoms with Gasteiger partial charge in [-0.05, 0) is 81.5 Å². The van der Waals surface area contributed by atoms with E-state index in [-0.39, 0.29) is 5.91 Å². The molecule has 1 amide bonds. The van der Waals surface area contributed by atoms with Crippen LogP contribution in [0.3, 0.4) is 0 Å². The second-order valence-corrected chi connectivity index (χ2v) is 9.67. The van der Waals surface area contributed by atoms with Gasteiger partial charge in [-0.1, -0.05) is 43.7 Å². The summed E-state index contributed by atoms with van der Waals surface area (Å²) in [5.74, 6) is 0.734. The second-order valence-electron chi connectivity index (χ2n) is 9.67. The highest BCUT2D eigenvalue weighted by Gasteiger charge is 2.50. The number of rotatable bonds is 8. The van der Waals surface area contributed by atoms with Crippen molar-refractivity contribution >= 4 is 24.4 Å². The van der Waals surface area contributed by atoms with Crippen LogP contribution in [-0.4, -0.2) is 44.7 Å². The Kier molecular flexibility index (Phi) is 9.26. The Balaban J connectivity index is 0.000000262. The summed E-state index contributed by atoms with van der Waals surface area (Å²) in [6, 6.07) is 4.50. The van der Waals surface area contributed by atoms with Gasteiger partial charge in [-0.15, -0.1) is 0 Å². The Morgan fingerprint density at radius 2 is 1.97 bits per heavy atom. The van der Waals surface area contributed by atoms with E-state index in [0.29, 0.717) is 5.41 Å². The van der Waals surface area contributed by atoms with E-state index in [1.165, 1.54) is 54.7 Å². The predicted octanol–water partition coefficient (Wildman–Crippen LogP) is 5.42. The molecular weight excluding hydrogens is 396 g/mol. The molecule has 176 valence electrons. The third kappa shape index (κ3) is 6.10. The van der Waals surface area contributed by atoms with E-state index in [4.69, 9.17) is 0 Å². The van der Waals surface area contributed by atoms with Gasteiger partial charge in [0.25, 0.3) is 5.91 Å². The van der Waals surface area contributed by atoms with Gasteiger partial charge in [0.15, 0.2) is 0 Å². The molecule has 2 aliphatic rings. The maximum Gasteiger partial charge on any atom is 0.266 e. The first-order valence-electron chi connectivity index (χ1n) is 11.7. The van der Waals surface area contributed by atoms with Crippen LogP contribution in [-0.2, 0) is 11.2 Å². The van der Waals surface area contributed by atoms with Crippen LogP contribution in [0.15, 0.2) is 35.0 Å². The van der Waals surface area contributed by atoms with Crippen LogP contribution < -0.4 is 10.7 Å². The molecule has 1 spiro atoms. The molecule has 32 heavy (non-hydrogen) atoms. The second kappa shape index (κ2) is 11.5. The largest absolute Gasteiger partial charge is 0.387 e. The molecule has 1 aromatic carbocycles. The standard InChI is InChI=1S/C18H26N2.C9H16N2O/c1-5-15-6-7-16(13(2)17(15)19-3)8-14-9-18(10-14)11-20(4)12-18;1-5-6-7(2)8(3)9(12)11-10-4/h5-7,14,19H,1,8-12H2,2-4H3;4-6H2,1-3H3,(H,11,12)/b;8-7+. The summed E-state index contributed by atoms with van der Waals surface area (Å²) in [7, 11) is 4.23. The minimum absolute atomic E-state index is 0.157. The Morgan fingerprint density at radius 3 is 2.47 bits per heavy atom. The normalized spacial score (nSPS) is 17.8. The van der Waals surface area contributed by atoms with Crippen LogP contribution >= 0.6 is 0 Å². The number of carbonyl (C=O) groups is 1. The number of nitrogens with one attached hydrogen (secondary N) is 2. The molecule has 3 rings (SSSR count). The van der Waals surface area contributed by atoms with E-state index in [0.717, 1.165) is 29.9 Å². The summed E-state index contributed by atoms with van der Waals surface area (Å²) in [6.45, 7) is 17.8. The van der Waals surface area contributed by atoms with E-state index in [1.807, 2.05) is 20.0 Å². The molecule has 1 aliphatic heterocycles. The molecule has 5 nitrogen and oxygen atoms in total. The molecule has 0 unspecified atom stereocenters. The van der Waals surface area contributed by atoms with Crippen molar-refractivity contribution in [1.82, 2.24) is 10.3 Å². The van der Waals surface area contributed by atoms with Gasteiger partial charge in [-0.3, -0.25) is 4.79 Å². The summed E-state index contributed by atoms with van der Waals surface area (Å²) in [5.41, 5.74) is 10.2. The van der Waals surface area contributed by atoms with Crippen molar-refractivity contribution in [3.63, 3.8) is 0 Å². The van der Waals surface area contributed by atoms with Crippen LogP contribution in [0.2, 0.25) is 0 Å². The first-order valence-corrected chi connectivity index (χ1v) is 11.7. The molecule has 0 bridgehead atoms. The van der Waals surface area contributed by atoms with Gasteiger partial charge >= 0.3 is 0 Å². The van der Waals surface area contributed by atoms with Crippen LogP contribution in [0.5, 0.6) is 0 Å². The zero-order chi connectivity index (χ0) is 23.9. The lowest BCUT2D eigenvalue weighted by Gasteiger charge is -2.58. The molecule has 2 fully saturated rings. The number of allylic oxidation sites excluding steroid dienone is 1. The van der Waals surface area contributed by atoms with Crippen molar-refractivity contribution in [3.8, 4) is 0 Å². The molecule has 5 heteroatoms. The van der Waals surface area contributed by atoms with Crippen molar-refractivity contribution in [3.05, 3.63) is 46.5 Å². The fourth-order valence-corrected chi connectivity index (χ4v) is 5.39. The highest BCUT2D eigenvalue weighted by atomic mass is 16.2. The summed E-state index contributed by atoms with van der Waals surface area (Å²) < 4.78 is 0. The number of anilines is 1. The number of carbonyl (C=O) groups excluding carboxylic acids is 1. The third-order valence-corrected chi connectivity index (χ3v) is 7.03. The smallest absolute Gasteiger partial charge is 0.266 e. The fourth-order valence-electron chi connectivity index (χ4n) is 5.39. The Bertz CT molecular complexity index is 857. The average molecular weight is 439 g/mol. The minimum atomic E-state index is -0.157. The van der Waals surface area contributed by atoms with Gasteiger partial charge in [0.05, 0.1) is 0 Å².